The van der Waals surface area contributed by atoms with Crippen LogP contribution in [0.5, 0.6) is 0 Å². The monoisotopic (exact) mass is 589 g/mol. The fourth-order valence-electron chi connectivity index (χ4n) is 5.22. The van der Waals surface area contributed by atoms with E-state index in [2.05, 4.69) is 6.07 Å². The van der Waals surface area contributed by atoms with Crippen LogP contribution in [0.4, 0.5) is 14.5 Å². The largest absolute Gasteiger partial charge is 0.481 e. The summed E-state index contributed by atoms with van der Waals surface area (Å²) in [6.07, 6.45) is 0. The van der Waals surface area contributed by atoms with E-state index in [1.165, 1.54) is 24.3 Å². The molecule has 1 N–H and O–H groups in total. The van der Waals surface area contributed by atoms with Crippen molar-refractivity contribution in [2.24, 2.45) is 5.92 Å². The Bertz CT molecular complexity index is 2020. The molecule has 1 aliphatic rings. The quantitative estimate of drug-likeness (QED) is 0.251. The van der Waals surface area contributed by atoms with Gasteiger partial charge in [-0.2, -0.15) is 5.26 Å². The van der Waals surface area contributed by atoms with Gasteiger partial charge >= 0.3 is 5.97 Å². The number of carboxylic acid groups (broad SMARTS) is 1. The first-order chi connectivity index (χ1) is 19.6. The average Bonchev–Trinajstić information content (AvgIpc) is 3.49. The fraction of sp³-hybridized carbons (Fsp3) is 0.133. The van der Waals surface area contributed by atoms with Gasteiger partial charge in [0.1, 0.15) is 27.5 Å². The topological polar surface area (TPSA) is 103 Å². The highest BCUT2D eigenvalue weighted by Gasteiger charge is 2.34. The zero-order valence-electron chi connectivity index (χ0n) is 21.5. The summed E-state index contributed by atoms with van der Waals surface area (Å²) in [7, 11) is -4.59. The number of carbonyl (C=O) groups is 1. The van der Waals surface area contributed by atoms with Crippen molar-refractivity contribution in [1.82, 2.24) is 3.97 Å². The van der Waals surface area contributed by atoms with Crippen molar-refractivity contribution in [2.45, 2.75) is 11.8 Å². The van der Waals surface area contributed by atoms with Crippen LogP contribution in [-0.2, 0) is 14.8 Å². The van der Waals surface area contributed by atoms with Gasteiger partial charge < -0.3 is 10.0 Å². The van der Waals surface area contributed by atoms with Crippen LogP contribution in [0, 0.1) is 35.8 Å². The molecule has 3 aromatic carbocycles. The molecule has 5 aromatic rings. The molecule has 3 heterocycles. The summed E-state index contributed by atoms with van der Waals surface area (Å²) in [6, 6.07) is 18.2. The number of anilines is 1. The number of rotatable bonds is 6. The van der Waals surface area contributed by atoms with Crippen LogP contribution in [0.2, 0.25) is 0 Å². The molecule has 0 atom stereocenters. The zero-order valence-corrected chi connectivity index (χ0v) is 23.1. The minimum absolute atomic E-state index is 0.117. The highest BCUT2D eigenvalue weighted by atomic mass is 32.2. The number of hydrogen-bond donors (Lipinski definition) is 1. The van der Waals surface area contributed by atoms with E-state index >= 15 is 4.39 Å². The number of thiophene rings is 1. The summed E-state index contributed by atoms with van der Waals surface area (Å²) in [4.78, 5) is 13.0. The molecule has 0 amide bonds. The zero-order chi connectivity index (χ0) is 29.1. The van der Waals surface area contributed by atoms with Crippen LogP contribution in [0.15, 0.2) is 77.0 Å². The summed E-state index contributed by atoms with van der Waals surface area (Å²) < 4.78 is 59.5. The third-order valence-electron chi connectivity index (χ3n) is 7.24. The molecule has 11 heteroatoms. The van der Waals surface area contributed by atoms with Gasteiger partial charge in [0.25, 0.3) is 10.0 Å². The van der Waals surface area contributed by atoms with E-state index < -0.39 is 38.4 Å². The van der Waals surface area contributed by atoms with Gasteiger partial charge in [-0.3, -0.25) is 4.79 Å². The Kier molecular flexibility index (Phi) is 6.40. The number of nitriles is 1. The van der Waals surface area contributed by atoms with Gasteiger partial charge in [0.15, 0.2) is 0 Å². The van der Waals surface area contributed by atoms with Crippen molar-refractivity contribution in [3.63, 3.8) is 0 Å². The van der Waals surface area contributed by atoms with Crippen molar-refractivity contribution in [1.29, 1.82) is 5.26 Å². The normalized spacial score (nSPS) is 13.8. The maximum absolute atomic E-state index is 15.2. The lowest BCUT2D eigenvalue weighted by Crippen LogP contribution is -2.50. The second-order valence-electron chi connectivity index (χ2n) is 9.85. The molecule has 0 unspecified atom stereocenters. The number of aryl methyl sites for hydroxylation is 1. The Morgan fingerprint density at radius 1 is 1.07 bits per heavy atom. The van der Waals surface area contributed by atoms with E-state index in [1.807, 2.05) is 4.90 Å². The van der Waals surface area contributed by atoms with Crippen molar-refractivity contribution < 1.29 is 27.1 Å². The van der Waals surface area contributed by atoms with Crippen LogP contribution in [0.25, 0.3) is 33.3 Å². The maximum Gasteiger partial charge on any atom is 0.310 e. The molecule has 2 aromatic heterocycles. The van der Waals surface area contributed by atoms with E-state index in [0.717, 1.165) is 27.4 Å². The van der Waals surface area contributed by atoms with Gasteiger partial charge in [-0.15, -0.1) is 11.3 Å². The lowest BCUT2D eigenvalue weighted by molar-refractivity contribution is -0.142. The summed E-state index contributed by atoms with van der Waals surface area (Å²) in [5.74, 6) is -2.94. The highest BCUT2D eigenvalue weighted by Crippen LogP contribution is 2.46. The Hall–Kier alpha value is -4.53. The third kappa shape index (κ3) is 4.36. The van der Waals surface area contributed by atoms with Crippen LogP contribution < -0.4 is 4.90 Å². The predicted molar refractivity (Wildman–Crippen MR) is 152 cm³/mol. The van der Waals surface area contributed by atoms with Gasteiger partial charge in [0, 0.05) is 40.9 Å². The maximum atomic E-state index is 15.2. The second-order valence-corrected chi connectivity index (χ2v) is 12.5. The molecule has 0 bridgehead atoms. The number of carboxylic acids is 1. The fourth-order valence-corrected chi connectivity index (χ4v) is 7.51. The van der Waals surface area contributed by atoms with Crippen LogP contribution in [-0.4, -0.2) is 36.6 Å². The van der Waals surface area contributed by atoms with Gasteiger partial charge in [0.2, 0.25) is 0 Å². The summed E-state index contributed by atoms with van der Waals surface area (Å²) in [5, 5.41) is 21.1. The number of hydrogen-bond acceptors (Lipinski definition) is 6. The first-order valence-corrected chi connectivity index (χ1v) is 14.8. The highest BCUT2D eigenvalue weighted by molar-refractivity contribution is 7.90. The Morgan fingerprint density at radius 2 is 1.85 bits per heavy atom. The smallest absolute Gasteiger partial charge is 0.310 e. The summed E-state index contributed by atoms with van der Waals surface area (Å²) >= 11 is 1.16. The first kappa shape index (κ1) is 26.7. The standard InChI is InChI=1S/C30H21F2N3O4S2/c1-17-5-8-27(24(32)11-17)41(38,39)35-25-7-6-20(31)13-23(25)28(22-9-10-40-26(22)14-33)29(35)18-3-2-4-21(12-18)34-15-19(16-34)30(36)37/h2-13,19H,15-16H2,1H3,(H,36,37). The molecular formula is C30H21F2N3O4S2. The summed E-state index contributed by atoms with van der Waals surface area (Å²) in [6.45, 7) is 2.22. The van der Waals surface area contributed by atoms with Gasteiger partial charge in [-0.05, 0) is 66.4 Å². The molecule has 0 aliphatic carbocycles. The number of aliphatic carboxylic acids is 1. The molecule has 206 valence electrons. The second kappa shape index (κ2) is 9.83. The minimum Gasteiger partial charge on any atom is -0.481 e. The van der Waals surface area contributed by atoms with Crippen molar-refractivity contribution >= 4 is 43.9 Å². The van der Waals surface area contributed by atoms with Gasteiger partial charge in [-0.1, -0.05) is 18.2 Å². The molecule has 1 fully saturated rings. The predicted octanol–water partition coefficient (Wildman–Crippen LogP) is 6.25. The molecular weight excluding hydrogens is 568 g/mol. The van der Waals surface area contributed by atoms with E-state index in [9.17, 15) is 28.0 Å². The van der Waals surface area contributed by atoms with Crippen molar-refractivity contribution in [3.05, 3.63) is 94.2 Å². The molecule has 1 saturated heterocycles. The number of aromatic nitrogens is 1. The Balaban J connectivity index is 1.69. The first-order valence-electron chi connectivity index (χ1n) is 12.5. The third-order valence-corrected chi connectivity index (χ3v) is 9.81. The number of fused-ring (bicyclic) bond motifs is 1. The number of nitrogens with zero attached hydrogens (tertiary/aromatic N) is 3. The van der Waals surface area contributed by atoms with E-state index in [4.69, 9.17) is 0 Å². The lowest BCUT2D eigenvalue weighted by atomic mass is 9.96. The Morgan fingerprint density at radius 3 is 2.56 bits per heavy atom. The average molecular weight is 590 g/mol. The van der Waals surface area contributed by atoms with Gasteiger partial charge in [-0.25, -0.2) is 21.2 Å². The lowest BCUT2D eigenvalue weighted by Gasteiger charge is -2.38. The van der Waals surface area contributed by atoms with Crippen molar-refractivity contribution in [2.75, 3.05) is 18.0 Å². The van der Waals surface area contributed by atoms with Crippen LogP contribution in [0.3, 0.4) is 0 Å². The molecule has 41 heavy (non-hydrogen) atoms. The van der Waals surface area contributed by atoms with Crippen LogP contribution >= 0.6 is 11.3 Å². The molecule has 7 nitrogen and oxygen atoms in total. The molecule has 0 saturated carbocycles. The van der Waals surface area contributed by atoms with E-state index in [0.29, 0.717) is 32.8 Å². The molecule has 6 rings (SSSR count). The van der Waals surface area contributed by atoms with Crippen LogP contribution in [0.1, 0.15) is 10.4 Å². The minimum atomic E-state index is -4.59. The summed E-state index contributed by atoms with van der Waals surface area (Å²) in [5.41, 5.74) is 2.61. The molecule has 0 spiro atoms. The SMILES string of the molecule is Cc1ccc(S(=O)(=O)n2c(-c3cccc(N4CC(C(=O)O)C4)c3)c(-c3ccsc3C#N)c3cc(F)ccc32)c(F)c1. The molecule has 0 radical (unpaired) electrons. The molecule has 1 aliphatic heterocycles. The van der Waals surface area contributed by atoms with Crippen molar-refractivity contribution in [3.8, 4) is 28.5 Å². The van der Waals surface area contributed by atoms with E-state index in [1.54, 1.807) is 42.6 Å². The number of halogens is 2. The van der Waals surface area contributed by atoms with Gasteiger partial charge in [0.05, 0.1) is 17.1 Å². The Labute approximate surface area is 238 Å². The number of benzene rings is 3. The van der Waals surface area contributed by atoms with E-state index in [-0.39, 0.29) is 29.7 Å².